The van der Waals surface area contributed by atoms with Crippen LogP contribution in [0.15, 0.2) is 24.3 Å². The van der Waals surface area contributed by atoms with E-state index >= 15 is 0 Å². The fourth-order valence-electron chi connectivity index (χ4n) is 6.03. The molecule has 1 aliphatic carbocycles. The normalized spacial score (nSPS) is 17.7. The van der Waals surface area contributed by atoms with Crippen molar-refractivity contribution in [3.63, 3.8) is 0 Å². The molecule has 0 spiro atoms. The lowest BCUT2D eigenvalue weighted by Crippen LogP contribution is -2.27. The van der Waals surface area contributed by atoms with E-state index in [1.54, 1.807) is 41.7 Å². The summed E-state index contributed by atoms with van der Waals surface area (Å²) in [5.41, 5.74) is 0.817. The van der Waals surface area contributed by atoms with Gasteiger partial charge < -0.3 is 24.6 Å². The number of hydrogen-bond acceptors (Lipinski definition) is 8. The Balaban J connectivity index is 1.76. The summed E-state index contributed by atoms with van der Waals surface area (Å²) in [6.07, 6.45) is -3.14. The Hall–Kier alpha value is -4.13. The van der Waals surface area contributed by atoms with E-state index < -0.39 is 41.4 Å². The van der Waals surface area contributed by atoms with E-state index in [4.69, 9.17) is 14.2 Å². The van der Waals surface area contributed by atoms with Crippen molar-refractivity contribution in [2.75, 3.05) is 31.0 Å². The molecule has 0 saturated heterocycles. The molecule has 13 heteroatoms. The van der Waals surface area contributed by atoms with Gasteiger partial charge in [0.15, 0.2) is 0 Å². The maximum atomic E-state index is 14.0. The number of alkyl halides is 3. The summed E-state index contributed by atoms with van der Waals surface area (Å²) in [6, 6.07) is 4.53. The quantitative estimate of drug-likeness (QED) is 0.184. The van der Waals surface area contributed by atoms with Crippen molar-refractivity contribution in [2.45, 2.75) is 91.0 Å². The first kappa shape index (κ1) is 35.7. The first-order valence-corrected chi connectivity index (χ1v) is 15.6. The highest BCUT2D eigenvalue weighted by molar-refractivity contribution is 5.94. The molecule has 0 unspecified atom stereocenters. The number of nitrogens with one attached hydrogen (secondary N) is 2. The van der Waals surface area contributed by atoms with Crippen LogP contribution in [-0.4, -0.2) is 53.1 Å². The third-order valence-corrected chi connectivity index (χ3v) is 8.17. The van der Waals surface area contributed by atoms with E-state index in [-0.39, 0.29) is 17.2 Å². The van der Waals surface area contributed by atoms with Gasteiger partial charge in [0.25, 0.3) is 0 Å². The summed E-state index contributed by atoms with van der Waals surface area (Å²) in [5.74, 6) is 0.360. The summed E-state index contributed by atoms with van der Waals surface area (Å²) >= 11 is 0. The maximum Gasteiger partial charge on any atom is 0.416 e. The number of nitrogens with zero attached hydrogens (tertiary/aromatic N) is 2. The number of carbonyl (C=O) groups excluding carboxylic acids is 1. The Morgan fingerprint density at radius 1 is 1.02 bits per heavy atom. The zero-order valence-electron chi connectivity index (χ0n) is 27.8. The minimum absolute atomic E-state index is 0.0316. The molecule has 1 amide bonds. The Labute approximate surface area is 272 Å². The van der Waals surface area contributed by atoms with E-state index in [0.717, 1.165) is 23.3 Å². The molecule has 1 atom stereocenters. The van der Waals surface area contributed by atoms with Crippen molar-refractivity contribution < 1.29 is 42.1 Å². The molecule has 0 radical (unpaired) electrons. The van der Waals surface area contributed by atoms with Gasteiger partial charge in [0.05, 0.1) is 29.6 Å². The molecular weight excluding hydrogens is 617 g/mol. The lowest BCUT2D eigenvalue weighted by molar-refractivity contribution is -0.143. The number of aryl methyl sites for hydroxylation is 2. The molecule has 1 heterocycles. The molecule has 3 N–H and O–H groups in total. The fourth-order valence-corrected chi connectivity index (χ4v) is 6.03. The molecule has 3 aromatic rings. The average Bonchev–Trinajstić information content (AvgIpc) is 2.95. The van der Waals surface area contributed by atoms with Crippen LogP contribution in [0.3, 0.4) is 0 Å². The first-order valence-electron chi connectivity index (χ1n) is 15.6. The summed E-state index contributed by atoms with van der Waals surface area (Å²) in [7, 11) is 1.58. The number of halogens is 3. The molecule has 4 rings (SSSR count). The molecule has 0 aliphatic heterocycles. The average molecular weight is 661 g/mol. The van der Waals surface area contributed by atoms with Crippen LogP contribution < -0.4 is 15.4 Å². The molecule has 47 heavy (non-hydrogen) atoms. The molecule has 256 valence electrons. The minimum atomic E-state index is -4.66. The van der Waals surface area contributed by atoms with E-state index in [1.807, 2.05) is 13.0 Å². The van der Waals surface area contributed by atoms with Gasteiger partial charge in [-0.3, -0.25) is 10.1 Å². The highest BCUT2D eigenvalue weighted by atomic mass is 19.4. The van der Waals surface area contributed by atoms with E-state index in [9.17, 15) is 27.9 Å². The number of hydrogen-bond donors (Lipinski definition) is 3. The number of benzene rings is 2. The van der Waals surface area contributed by atoms with Gasteiger partial charge in [-0.25, -0.2) is 14.8 Å². The molecule has 0 bridgehead atoms. The van der Waals surface area contributed by atoms with Crippen LogP contribution in [0, 0.1) is 19.8 Å². The minimum Gasteiger partial charge on any atom is -0.491 e. The zero-order valence-corrected chi connectivity index (χ0v) is 27.8. The number of methoxy groups -OCH3 is 1. The highest BCUT2D eigenvalue weighted by Crippen LogP contribution is 2.45. The smallest absolute Gasteiger partial charge is 0.416 e. The number of ether oxygens (including phenoxy) is 3. The molecule has 1 aliphatic rings. The van der Waals surface area contributed by atoms with Gasteiger partial charge in [0.2, 0.25) is 0 Å². The number of aromatic nitrogens is 2. The van der Waals surface area contributed by atoms with E-state index in [2.05, 4.69) is 20.6 Å². The Morgan fingerprint density at radius 2 is 1.70 bits per heavy atom. The fraction of sp³-hybridized carbons (Fsp3) is 0.529. The standard InChI is InChI=1S/C34H43F3N4O6/c1-18-28(21-8-10-22(11-9-21)31(42)43)27(46-13-12-45-7)17-26-29(18)30(40-20(3)39-26)38-19(2)23-14-24(34(35,36)37)16-25(15-23)41-32(44)47-33(4,5)6/h14-17,19,21-22H,8-13H2,1-7H3,(H,41,44)(H,42,43)(H,38,39,40)/t19-,21?,22?/m1/s1. The van der Waals surface area contributed by atoms with Crippen LogP contribution in [0.4, 0.5) is 29.5 Å². The number of carboxylic acid groups (broad SMARTS) is 1. The van der Waals surface area contributed by atoms with Crippen LogP contribution >= 0.6 is 0 Å². The van der Waals surface area contributed by atoms with Crippen LogP contribution in [0.1, 0.15) is 93.4 Å². The predicted octanol–water partition coefficient (Wildman–Crippen LogP) is 8.17. The number of rotatable bonds is 10. The number of fused-ring (bicyclic) bond motifs is 1. The van der Waals surface area contributed by atoms with Crippen molar-refractivity contribution in [3.8, 4) is 5.75 Å². The molecule has 1 saturated carbocycles. The van der Waals surface area contributed by atoms with Crippen molar-refractivity contribution in [1.82, 2.24) is 9.97 Å². The topological polar surface area (TPSA) is 132 Å². The first-order chi connectivity index (χ1) is 22.0. The molecule has 2 aromatic carbocycles. The van der Waals surface area contributed by atoms with Crippen LogP contribution in [-0.2, 0) is 20.4 Å². The second kappa shape index (κ2) is 14.3. The SMILES string of the molecule is COCCOc1cc2nc(C)nc(N[C@H](C)c3cc(NC(=O)OC(C)(C)C)cc(C(F)(F)F)c3)c2c(C)c1C1CCC(C(=O)O)CC1. The largest absolute Gasteiger partial charge is 0.491 e. The Morgan fingerprint density at radius 3 is 2.30 bits per heavy atom. The number of carbonyl (C=O) groups is 2. The summed E-state index contributed by atoms with van der Waals surface area (Å²) in [5, 5.41) is 16.0. The van der Waals surface area contributed by atoms with Crippen molar-refractivity contribution in [2.24, 2.45) is 5.92 Å². The van der Waals surface area contributed by atoms with Crippen molar-refractivity contribution in [3.05, 3.63) is 52.3 Å². The summed E-state index contributed by atoms with van der Waals surface area (Å²) in [4.78, 5) is 33.4. The Bertz CT molecular complexity index is 1610. The van der Waals surface area contributed by atoms with Crippen LogP contribution in [0.25, 0.3) is 10.9 Å². The van der Waals surface area contributed by atoms with E-state index in [0.29, 0.717) is 67.2 Å². The Kier molecular flexibility index (Phi) is 10.9. The molecule has 1 fully saturated rings. The van der Waals surface area contributed by atoms with Gasteiger partial charge in [0, 0.05) is 29.8 Å². The van der Waals surface area contributed by atoms with Gasteiger partial charge in [-0.15, -0.1) is 0 Å². The van der Waals surface area contributed by atoms with Gasteiger partial charge in [-0.1, -0.05) is 0 Å². The third-order valence-electron chi connectivity index (χ3n) is 8.17. The van der Waals surface area contributed by atoms with Crippen LogP contribution in [0.5, 0.6) is 5.75 Å². The number of aliphatic carboxylic acids is 1. The van der Waals surface area contributed by atoms with Crippen molar-refractivity contribution in [1.29, 1.82) is 0 Å². The number of anilines is 2. The van der Waals surface area contributed by atoms with Crippen molar-refractivity contribution >= 4 is 34.5 Å². The highest BCUT2D eigenvalue weighted by Gasteiger charge is 2.33. The van der Waals surface area contributed by atoms with Crippen LogP contribution in [0.2, 0.25) is 0 Å². The van der Waals surface area contributed by atoms with E-state index in [1.165, 1.54) is 6.07 Å². The second-order valence-electron chi connectivity index (χ2n) is 13.0. The van der Waals surface area contributed by atoms with Gasteiger partial charge >= 0.3 is 18.2 Å². The number of carboxylic acids is 1. The maximum absolute atomic E-state index is 14.0. The summed E-state index contributed by atoms with van der Waals surface area (Å²) < 4.78 is 58.5. The lowest BCUT2D eigenvalue weighted by atomic mass is 9.76. The van der Waals surface area contributed by atoms with Gasteiger partial charge in [-0.2, -0.15) is 13.2 Å². The zero-order chi connectivity index (χ0) is 34.7. The monoisotopic (exact) mass is 660 g/mol. The molecular formula is C34H43F3N4O6. The third kappa shape index (κ3) is 9.03. The number of amides is 1. The summed E-state index contributed by atoms with van der Waals surface area (Å²) in [6.45, 7) is 11.0. The van der Waals surface area contributed by atoms with Gasteiger partial charge in [0.1, 0.15) is 29.6 Å². The van der Waals surface area contributed by atoms with Gasteiger partial charge in [-0.05, 0) is 102 Å². The lowest BCUT2D eigenvalue weighted by Gasteiger charge is -2.30. The molecule has 10 nitrogen and oxygen atoms in total. The molecule has 1 aromatic heterocycles. The predicted molar refractivity (Wildman–Crippen MR) is 172 cm³/mol. The second-order valence-corrected chi connectivity index (χ2v) is 13.0.